The number of aliphatic hydroxyl groups excluding tert-OH is 1. The Morgan fingerprint density at radius 1 is 1.11 bits per heavy atom. The highest BCUT2D eigenvalue weighted by Gasteiger charge is 1.99. The van der Waals surface area contributed by atoms with E-state index in [-0.39, 0.29) is 19.2 Å². The van der Waals surface area contributed by atoms with Crippen molar-refractivity contribution >= 4 is 5.78 Å². The summed E-state index contributed by atoms with van der Waals surface area (Å²) in [5, 5.41) is 8.46. The number of ketones is 1. The average molecular weight is 254 g/mol. The maximum absolute atomic E-state index is 11.0. The fourth-order valence-corrected chi connectivity index (χ4v) is 1.24. The van der Waals surface area contributed by atoms with Crippen LogP contribution in [-0.2, 0) is 9.47 Å². The van der Waals surface area contributed by atoms with Crippen LogP contribution in [0, 0.1) is 0 Å². The summed E-state index contributed by atoms with van der Waals surface area (Å²) in [5.41, 5.74) is 0.653. The number of benzene rings is 1. The molecule has 5 nitrogen and oxygen atoms in total. The van der Waals surface area contributed by atoms with Crippen LogP contribution in [0.2, 0.25) is 0 Å². The molecule has 1 aromatic rings. The Balaban J connectivity index is 2.14. The summed E-state index contributed by atoms with van der Waals surface area (Å²) >= 11 is 0. The topological polar surface area (TPSA) is 65.0 Å². The minimum atomic E-state index is 0.0129. The molecule has 1 N–H and O–H groups in total. The fraction of sp³-hybridized carbons (Fsp3) is 0.462. The van der Waals surface area contributed by atoms with Crippen LogP contribution >= 0.6 is 0 Å². The third-order valence-corrected chi connectivity index (χ3v) is 2.18. The van der Waals surface area contributed by atoms with Crippen molar-refractivity contribution in [2.75, 3.05) is 33.2 Å². The third-order valence-electron chi connectivity index (χ3n) is 2.18. The van der Waals surface area contributed by atoms with E-state index < -0.39 is 0 Å². The first-order valence-corrected chi connectivity index (χ1v) is 5.74. The molecule has 0 aliphatic carbocycles. The molecule has 1 rings (SSSR count). The molecule has 0 bridgehead atoms. The second kappa shape index (κ2) is 8.63. The van der Waals surface area contributed by atoms with Gasteiger partial charge in [0, 0.05) is 5.56 Å². The van der Waals surface area contributed by atoms with E-state index >= 15 is 0 Å². The van der Waals surface area contributed by atoms with Crippen LogP contribution in [0.3, 0.4) is 0 Å². The highest BCUT2D eigenvalue weighted by molar-refractivity contribution is 5.94. The lowest BCUT2D eigenvalue weighted by molar-refractivity contribution is -0.0212. The van der Waals surface area contributed by atoms with Crippen molar-refractivity contribution in [2.45, 2.75) is 6.92 Å². The number of ether oxygens (including phenoxy) is 3. The van der Waals surface area contributed by atoms with Gasteiger partial charge in [0.15, 0.2) is 12.6 Å². The summed E-state index contributed by atoms with van der Waals surface area (Å²) in [6.07, 6.45) is 0. The Labute approximate surface area is 106 Å². The van der Waals surface area contributed by atoms with Crippen molar-refractivity contribution in [2.24, 2.45) is 0 Å². The molecule has 0 fully saturated rings. The number of carbonyl (C=O) groups excluding carboxylic acids is 1. The molecule has 0 unspecified atom stereocenters. The van der Waals surface area contributed by atoms with Crippen LogP contribution in [0.15, 0.2) is 24.3 Å². The number of hydrogen-bond donors (Lipinski definition) is 1. The van der Waals surface area contributed by atoms with E-state index in [4.69, 9.17) is 19.3 Å². The standard InChI is InChI=1S/C13H18O5/c1-11(15)12-2-4-13(5-3-12)18-10-17-9-8-16-7-6-14/h2-5,14H,6-10H2,1H3. The van der Waals surface area contributed by atoms with Crippen LogP contribution < -0.4 is 4.74 Å². The van der Waals surface area contributed by atoms with Gasteiger partial charge in [-0.05, 0) is 31.2 Å². The Hall–Kier alpha value is -1.43. The van der Waals surface area contributed by atoms with Gasteiger partial charge in [-0.2, -0.15) is 0 Å². The molecule has 5 heteroatoms. The molecular formula is C13H18O5. The van der Waals surface area contributed by atoms with Crippen molar-refractivity contribution in [1.82, 2.24) is 0 Å². The van der Waals surface area contributed by atoms with Gasteiger partial charge >= 0.3 is 0 Å². The highest BCUT2D eigenvalue weighted by Crippen LogP contribution is 2.12. The predicted octanol–water partition coefficient (Wildman–Crippen LogP) is 1.25. The third kappa shape index (κ3) is 5.77. The highest BCUT2D eigenvalue weighted by atomic mass is 16.7. The lowest BCUT2D eigenvalue weighted by Gasteiger charge is -2.07. The zero-order chi connectivity index (χ0) is 13.2. The molecule has 0 radical (unpaired) electrons. The van der Waals surface area contributed by atoms with Gasteiger partial charge in [0.1, 0.15) is 5.75 Å². The molecule has 1 aromatic carbocycles. The molecular weight excluding hydrogens is 236 g/mol. The number of aliphatic hydroxyl groups is 1. The maximum Gasteiger partial charge on any atom is 0.189 e. The summed E-state index contributed by atoms with van der Waals surface area (Å²) in [4.78, 5) is 11.0. The second-order valence-corrected chi connectivity index (χ2v) is 3.59. The molecule has 0 aromatic heterocycles. The van der Waals surface area contributed by atoms with Gasteiger partial charge in [-0.3, -0.25) is 4.79 Å². The van der Waals surface area contributed by atoms with E-state index in [1.165, 1.54) is 6.92 Å². The first-order valence-electron chi connectivity index (χ1n) is 5.74. The van der Waals surface area contributed by atoms with Gasteiger partial charge in [0.25, 0.3) is 0 Å². The van der Waals surface area contributed by atoms with E-state index in [0.717, 1.165) is 0 Å². The molecule has 0 atom stereocenters. The van der Waals surface area contributed by atoms with Crippen LogP contribution in [0.5, 0.6) is 5.75 Å². The van der Waals surface area contributed by atoms with E-state index in [1.807, 2.05) is 0 Å². The van der Waals surface area contributed by atoms with Crippen molar-refractivity contribution in [3.63, 3.8) is 0 Å². The molecule has 0 spiro atoms. The first kappa shape index (κ1) is 14.6. The molecule has 0 heterocycles. The number of hydrogen-bond acceptors (Lipinski definition) is 5. The minimum absolute atomic E-state index is 0.0129. The molecule has 18 heavy (non-hydrogen) atoms. The van der Waals surface area contributed by atoms with Crippen molar-refractivity contribution in [3.8, 4) is 5.75 Å². The van der Waals surface area contributed by atoms with Crippen molar-refractivity contribution < 1.29 is 24.1 Å². The average Bonchev–Trinajstić information content (AvgIpc) is 2.38. The molecule has 0 saturated heterocycles. The van der Waals surface area contributed by atoms with E-state index in [9.17, 15) is 4.79 Å². The minimum Gasteiger partial charge on any atom is -0.468 e. The zero-order valence-corrected chi connectivity index (χ0v) is 10.4. The lowest BCUT2D eigenvalue weighted by Crippen LogP contribution is -2.10. The van der Waals surface area contributed by atoms with Gasteiger partial charge in [-0.15, -0.1) is 0 Å². The van der Waals surface area contributed by atoms with E-state index in [1.54, 1.807) is 24.3 Å². The number of Topliss-reactive ketones (excluding diaryl/α,β-unsaturated/α-hetero) is 1. The number of rotatable bonds is 9. The Bertz CT molecular complexity index is 347. The second-order valence-electron chi connectivity index (χ2n) is 3.59. The molecule has 0 amide bonds. The Morgan fingerprint density at radius 3 is 2.39 bits per heavy atom. The van der Waals surface area contributed by atoms with Gasteiger partial charge in [-0.25, -0.2) is 0 Å². The lowest BCUT2D eigenvalue weighted by atomic mass is 10.1. The van der Waals surface area contributed by atoms with Gasteiger partial charge in [0.05, 0.1) is 26.4 Å². The monoisotopic (exact) mass is 254 g/mol. The van der Waals surface area contributed by atoms with E-state index in [2.05, 4.69) is 0 Å². The summed E-state index contributed by atoms with van der Waals surface area (Å²) < 4.78 is 15.5. The smallest absolute Gasteiger partial charge is 0.189 e. The van der Waals surface area contributed by atoms with Gasteiger partial charge in [0.2, 0.25) is 0 Å². The predicted molar refractivity (Wildman–Crippen MR) is 65.8 cm³/mol. The zero-order valence-electron chi connectivity index (χ0n) is 10.4. The van der Waals surface area contributed by atoms with Crippen molar-refractivity contribution in [1.29, 1.82) is 0 Å². The quantitative estimate of drug-likeness (QED) is 0.408. The van der Waals surface area contributed by atoms with Gasteiger partial charge < -0.3 is 19.3 Å². The van der Waals surface area contributed by atoms with Crippen LogP contribution in [0.25, 0.3) is 0 Å². The molecule has 0 saturated carbocycles. The maximum atomic E-state index is 11.0. The summed E-state index contributed by atoms with van der Waals surface area (Å²) in [6, 6.07) is 6.87. The van der Waals surface area contributed by atoms with Gasteiger partial charge in [-0.1, -0.05) is 0 Å². The van der Waals surface area contributed by atoms with Crippen LogP contribution in [-0.4, -0.2) is 44.1 Å². The largest absolute Gasteiger partial charge is 0.468 e. The SMILES string of the molecule is CC(=O)c1ccc(OCOCCOCCO)cc1. The van der Waals surface area contributed by atoms with Crippen LogP contribution in [0.4, 0.5) is 0 Å². The summed E-state index contributed by atoms with van der Waals surface area (Å²) in [5.74, 6) is 0.676. The van der Waals surface area contributed by atoms with E-state index in [0.29, 0.717) is 31.1 Å². The normalized spacial score (nSPS) is 10.3. The first-order chi connectivity index (χ1) is 8.74. The molecule has 0 aliphatic heterocycles. The summed E-state index contributed by atoms with van der Waals surface area (Å²) in [7, 11) is 0. The van der Waals surface area contributed by atoms with Crippen LogP contribution in [0.1, 0.15) is 17.3 Å². The van der Waals surface area contributed by atoms with Crippen molar-refractivity contribution in [3.05, 3.63) is 29.8 Å². The molecule has 100 valence electrons. The fourth-order valence-electron chi connectivity index (χ4n) is 1.24. The summed E-state index contributed by atoms with van der Waals surface area (Å²) in [6.45, 7) is 2.81. The number of carbonyl (C=O) groups is 1. The Kier molecular flexibility index (Phi) is 7.01. The molecule has 0 aliphatic rings. The Morgan fingerprint density at radius 2 is 1.78 bits per heavy atom.